The number of nitrogens with one attached hydrogen (secondary N) is 1. The second-order valence-corrected chi connectivity index (χ2v) is 8.93. The first kappa shape index (κ1) is 21.2. The molecule has 2 aliphatic heterocycles. The lowest BCUT2D eigenvalue weighted by atomic mass is 9.89. The number of rotatable bonds is 4. The number of nitrogens with zero attached hydrogens (tertiary/aromatic N) is 3. The summed E-state index contributed by atoms with van der Waals surface area (Å²) >= 11 is 0. The Morgan fingerprint density at radius 1 is 1.03 bits per heavy atom. The lowest BCUT2D eigenvalue weighted by Gasteiger charge is -2.34. The van der Waals surface area contributed by atoms with Gasteiger partial charge in [-0.1, -0.05) is 18.2 Å². The molecule has 3 aliphatic rings. The van der Waals surface area contributed by atoms with Gasteiger partial charge in [-0.25, -0.2) is 4.79 Å². The molecule has 5 amide bonds. The van der Waals surface area contributed by atoms with E-state index in [0.29, 0.717) is 26.2 Å². The molecule has 0 spiro atoms. The van der Waals surface area contributed by atoms with Gasteiger partial charge in [-0.3, -0.25) is 19.3 Å². The predicted octanol–water partition coefficient (Wildman–Crippen LogP) is 1.52. The summed E-state index contributed by atoms with van der Waals surface area (Å²) in [5.41, 5.74) is 2.05. The third-order valence-electron chi connectivity index (χ3n) is 6.90. The van der Waals surface area contributed by atoms with Crippen molar-refractivity contribution in [2.45, 2.75) is 31.7 Å². The van der Waals surface area contributed by atoms with E-state index in [9.17, 15) is 19.2 Å². The molecule has 1 aromatic heterocycles. The normalized spacial score (nSPS) is 22.5. The van der Waals surface area contributed by atoms with Crippen molar-refractivity contribution in [3.63, 3.8) is 0 Å². The Kier molecular flexibility index (Phi) is 5.19. The fraction of sp³-hybridized carbons (Fsp3) is 0.417. The summed E-state index contributed by atoms with van der Waals surface area (Å²) in [4.78, 5) is 55.4. The Bertz CT molecular complexity index is 1120. The van der Waals surface area contributed by atoms with Crippen LogP contribution in [0.5, 0.6) is 0 Å². The summed E-state index contributed by atoms with van der Waals surface area (Å²) in [5, 5.41) is 2.79. The highest BCUT2D eigenvalue weighted by molar-refractivity contribution is 6.09. The number of piperazine rings is 1. The van der Waals surface area contributed by atoms with Crippen molar-refractivity contribution in [2.24, 2.45) is 0 Å². The molecule has 1 atom stereocenters. The van der Waals surface area contributed by atoms with Crippen LogP contribution in [-0.2, 0) is 28.0 Å². The van der Waals surface area contributed by atoms with Crippen molar-refractivity contribution in [2.75, 3.05) is 32.7 Å². The Balaban J connectivity index is 1.22. The van der Waals surface area contributed by atoms with E-state index >= 15 is 0 Å². The molecule has 2 saturated heterocycles. The quantitative estimate of drug-likeness (QED) is 0.712. The van der Waals surface area contributed by atoms with Crippen LogP contribution < -0.4 is 5.32 Å². The molecule has 1 unspecified atom stereocenters. The van der Waals surface area contributed by atoms with Crippen LogP contribution in [0, 0.1) is 0 Å². The van der Waals surface area contributed by atoms with Crippen molar-refractivity contribution in [1.29, 1.82) is 0 Å². The van der Waals surface area contributed by atoms with Gasteiger partial charge in [0.05, 0.1) is 6.26 Å². The van der Waals surface area contributed by atoms with Crippen molar-refractivity contribution in [3.8, 4) is 0 Å². The first-order valence-corrected chi connectivity index (χ1v) is 11.2. The number of urea groups is 1. The molecular weight excluding hydrogens is 424 g/mol. The average molecular weight is 450 g/mol. The Labute approximate surface area is 191 Å². The van der Waals surface area contributed by atoms with Gasteiger partial charge < -0.3 is 19.5 Å². The first-order valence-electron chi connectivity index (χ1n) is 11.2. The molecule has 172 valence electrons. The van der Waals surface area contributed by atoms with Gasteiger partial charge in [-0.2, -0.15) is 0 Å². The zero-order chi connectivity index (χ0) is 23.2. The van der Waals surface area contributed by atoms with Crippen LogP contribution in [0.1, 0.15) is 40.6 Å². The number of aryl methyl sites for hydroxylation is 2. The third kappa shape index (κ3) is 3.67. The van der Waals surface area contributed by atoms with Crippen LogP contribution in [0.25, 0.3) is 0 Å². The van der Waals surface area contributed by atoms with Crippen LogP contribution >= 0.6 is 0 Å². The van der Waals surface area contributed by atoms with Crippen LogP contribution in [-0.4, -0.2) is 71.2 Å². The van der Waals surface area contributed by atoms with Crippen molar-refractivity contribution >= 4 is 23.8 Å². The van der Waals surface area contributed by atoms with Gasteiger partial charge in [0.2, 0.25) is 5.91 Å². The number of furan rings is 1. The number of amides is 5. The summed E-state index contributed by atoms with van der Waals surface area (Å²) in [5.74, 6) is -0.696. The Morgan fingerprint density at radius 3 is 2.48 bits per heavy atom. The van der Waals surface area contributed by atoms with Crippen LogP contribution in [0.2, 0.25) is 0 Å². The molecule has 5 rings (SSSR count). The molecule has 0 radical (unpaired) electrons. The second kappa shape index (κ2) is 8.06. The summed E-state index contributed by atoms with van der Waals surface area (Å²) in [6.07, 6.45) is 4.55. The fourth-order valence-electron chi connectivity index (χ4n) is 4.87. The van der Waals surface area contributed by atoms with Gasteiger partial charge in [0, 0.05) is 26.2 Å². The molecule has 2 fully saturated rings. The average Bonchev–Trinajstić information content (AvgIpc) is 3.56. The number of imide groups is 1. The molecule has 1 aromatic carbocycles. The van der Waals surface area contributed by atoms with Crippen LogP contribution in [0.3, 0.4) is 0 Å². The zero-order valence-corrected chi connectivity index (χ0v) is 18.5. The molecule has 9 heteroatoms. The second-order valence-electron chi connectivity index (χ2n) is 8.93. The molecule has 9 nitrogen and oxygen atoms in total. The molecule has 1 N–H and O–H groups in total. The van der Waals surface area contributed by atoms with Crippen molar-refractivity contribution < 1.29 is 23.6 Å². The first-order chi connectivity index (χ1) is 15.9. The highest BCUT2D eigenvalue weighted by Gasteiger charge is 2.50. The number of fused-ring (bicyclic) bond motifs is 1. The molecule has 0 bridgehead atoms. The lowest BCUT2D eigenvalue weighted by Crippen LogP contribution is -2.53. The van der Waals surface area contributed by atoms with Crippen molar-refractivity contribution in [1.82, 2.24) is 20.0 Å². The van der Waals surface area contributed by atoms with E-state index in [1.807, 2.05) is 18.2 Å². The van der Waals surface area contributed by atoms with Crippen LogP contribution in [0.4, 0.5) is 4.79 Å². The van der Waals surface area contributed by atoms with Gasteiger partial charge in [0.15, 0.2) is 5.76 Å². The van der Waals surface area contributed by atoms with Gasteiger partial charge >= 0.3 is 6.03 Å². The maximum absolute atomic E-state index is 13.2. The van der Waals surface area contributed by atoms with E-state index in [2.05, 4.69) is 5.32 Å². The summed E-state index contributed by atoms with van der Waals surface area (Å²) in [6.45, 7) is 2.75. The molecule has 0 saturated carbocycles. The zero-order valence-electron chi connectivity index (χ0n) is 18.5. The number of carbonyl (C=O) groups is 4. The predicted molar refractivity (Wildman–Crippen MR) is 117 cm³/mol. The minimum atomic E-state index is -1.19. The minimum Gasteiger partial charge on any atom is -0.459 e. The highest BCUT2D eigenvalue weighted by Crippen LogP contribution is 2.32. The molecule has 1 aliphatic carbocycles. The number of hydrogen-bond donors (Lipinski definition) is 1. The fourth-order valence-corrected chi connectivity index (χ4v) is 4.87. The summed E-state index contributed by atoms with van der Waals surface area (Å²) in [7, 11) is 0. The molecule has 3 heterocycles. The molecule has 33 heavy (non-hydrogen) atoms. The number of carbonyl (C=O) groups excluding carboxylic acids is 4. The van der Waals surface area contributed by atoms with Crippen LogP contribution in [0.15, 0.2) is 41.0 Å². The van der Waals surface area contributed by atoms with E-state index < -0.39 is 17.5 Å². The van der Waals surface area contributed by atoms with Gasteiger partial charge in [-0.05, 0) is 55.0 Å². The van der Waals surface area contributed by atoms with E-state index in [1.165, 1.54) is 17.4 Å². The van der Waals surface area contributed by atoms with E-state index in [0.717, 1.165) is 29.7 Å². The number of benzene rings is 1. The topological polar surface area (TPSA) is 103 Å². The standard InChI is InChI=1S/C24H26N4O5/c1-24(18-8-7-16-4-2-5-17(16)14-18)22(31)28(23(32)25-24)15-20(29)26-9-11-27(12-10-26)21(30)19-6-3-13-33-19/h3,6-8,13-14H,2,4-5,9-12,15H2,1H3,(H,25,32). The van der Waals surface area contributed by atoms with Gasteiger partial charge in [0.1, 0.15) is 12.1 Å². The minimum absolute atomic E-state index is 0.216. The SMILES string of the molecule is CC1(c2ccc3c(c2)CCC3)NC(=O)N(CC(=O)N2CCN(C(=O)c3ccco3)CC2)C1=O. The van der Waals surface area contributed by atoms with E-state index in [1.54, 1.807) is 28.9 Å². The highest BCUT2D eigenvalue weighted by atomic mass is 16.3. The van der Waals surface area contributed by atoms with Crippen molar-refractivity contribution in [3.05, 3.63) is 59.0 Å². The smallest absolute Gasteiger partial charge is 0.325 e. The summed E-state index contributed by atoms with van der Waals surface area (Å²) in [6, 6.07) is 8.61. The third-order valence-corrected chi connectivity index (χ3v) is 6.90. The monoisotopic (exact) mass is 450 g/mol. The maximum atomic E-state index is 13.2. The Hall–Kier alpha value is -3.62. The van der Waals surface area contributed by atoms with Gasteiger partial charge in [0.25, 0.3) is 11.8 Å². The lowest BCUT2D eigenvalue weighted by molar-refractivity contribution is -0.139. The molecular formula is C24H26N4O5. The van der Waals surface area contributed by atoms with E-state index in [-0.39, 0.29) is 24.1 Å². The maximum Gasteiger partial charge on any atom is 0.325 e. The summed E-state index contributed by atoms with van der Waals surface area (Å²) < 4.78 is 5.16. The molecule has 2 aromatic rings. The van der Waals surface area contributed by atoms with E-state index in [4.69, 9.17) is 4.42 Å². The number of hydrogen-bond acceptors (Lipinski definition) is 5. The van der Waals surface area contributed by atoms with Gasteiger partial charge in [-0.15, -0.1) is 0 Å². The largest absolute Gasteiger partial charge is 0.459 e. The Morgan fingerprint density at radius 2 is 1.76 bits per heavy atom.